The van der Waals surface area contributed by atoms with Gasteiger partial charge in [-0.1, -0.05) is 57.0 Å². The summed E-state index contributed by atoms with van der Waals surface area (Å²) < 4.78 is 37.9. The average Bonchev–Trinajstić information content (AvgIpc) is 2.36. The number of hydrogen-bond donors (Lipinski definition) is 1. The van der Waals surface area contributed by atoms with Crippen molar-refractivity contribution in [1.29, 1.82) is 0 Å². The number of unbranched alkanes of at least 4 members (excludes halogenated alkanes) is 1. The first-order valence-electron chi connectivity index (χ1n) is 7.23. The monoisotopic (exact) mass is 287 g/mol. The van der Waals surface area contributed by atoms with Gasteiger partial charge in [0.25, 0.3) is 0 Å². The maximum absolute atomic E-state index is 12.6. The first kappa shape index (κ1) is 17.0. The summed E-state index contributed by atoms with van der Waals surface area (Å²) in [6, 6.07) is 8.22. The Morgan fingerprint density at radius 3 is 2.25 bits per heavy atom. The smallest absolute Gasteiger partial charge is 0.310 e. The minimum atomic E-state index is -4.15. The lowest BCUT2D eigenvalue weighted by Crippen LogP contribution is -2.27. The van der Waals surface area contributed by atoms with Crippen molar-refractivity contribution in [2.45, 2.75) is 51.7 Å². The van der Waals surface area contributed by atoms with Crippen LogP contribution in [0.25, 0.3) is 0 Å². The van der Waals surface area contributed by atoms with Crippen LogP contribution in [0, 0.1) is 5.92 Å². The van der Waals surface area contributed by atoms with Crippen LogP contribution in [0.1, 0.15) is 51.1 Å². The summed E-state index contributed by atoms with van der Waals surface area (Å²) in [5.74, 6) is 0.648. The van der Waals surface area contributed by atoms with Gasteiger partial charge in [0.15, 0.2) is 0 Å². The number of nitrogens with one attached hydrogen (secondary N) is 1. The lowest BCUT2D eigenvalue weighted by atomic mass is 10.0. The maximum Gasteiger partial charge on any atom is 0.390 e. The molecule has 0 saturated carbocycles. The minimum absolute atomic E-state index is 0.627. The van der Waals surface area contributed by atoms with Gasteiger partial charge in [-0.15, -0.1) is 0 Å². The first-order valence-corrected chi connectivity index (χ1v) is 7.23. The average molecular weight is 287 g/mol. The van der Waals surface area contributed by atoms with E-state index in [0.717, 1.165) is 19.3 Å². The van der Waals surface area contributed by atoms with Gasteiger partial charge in [0.05, 0.1) is 6.42 Å². The fourth-order valence-electron chi connectivity index (χ4n) is 2.18. The highest BCUT2D eigenvalue weighted by Gasteiger charge is 2.32. The molecule has 0 aliphatic carbocycles. The van der Waals surface area contributed by atoms with Crippen LogP contribution in [0.5, 0.6) is 0 Å². The summed E-state index contributed by atoms with van der Waals surface area (Å²) in [7, 11) is 0. The van der Waals surface area contributed by atoms with E-state index in [4.69, 9.17) is 0 Å². The van der Waals surface area contributed by atoms with E-state index in [2.05, 4.69) is 19.2 Å². The highest BCUT2D eigenvalue weighted by atomic mass is 19.4. The Labute approximate surface area is 119 Å². The molecular formula is C16H24F3N. The second-order valence-electron chi connectivity index (χ2n) is 5.63. The summed E-state index contributed by atoms with van der Waals surface area (Å²) in [4.78, 5) is 0. The molecule has 0 heterocycles. The summed E-state index contributed by atoms with van der Waals surface area (Å²) in [5.41, 5.74) is 0.702. The fraction of sp³-hybridized carbons (Fsp3) is 0.625. The van der Waals surface area contributed by atoms with Gasteiger partial charge in [0.1, 0.15) is 0 Å². The molecule has 0 amide bonds. The molecule has 0 aromatic heterocycles. The Balaban J connectivity index is 2.47. The first-order chi connectivity index (χ1) is 9.38. The number of halogens is 3. The van der Waals surface area contributed by atoms with Crippen molar-refractivity contribution in [1.82, 2.24) is 5.32 Å². The summed E-state index contributed by atoms with van der Waals surface area (Å²) in [6.45, 7) is 4.94. The van der Waals surface area contributed by atoms with Crippen LogP contribution in [0.2, 0.25) is 0 Å². The molecule has 0 aliphatic rings. The van der Waals surface area contributed by atoms with E-state index in [-0.39, 0.29) is 0 Å². The molecule has 0 spiro atoms. The van der Waals surface area contributed by atoms with Crippen LogP contribution < -0.4 is 5.32 Å². The summed E-state index contributed by atoms with van der Waals surface area (Å²) in [6.07, 6.45) is -1.87. The lowest BCUT2D eigenvalue weighted by Gasteiger charge is -2.21. The second-order valence-corrected chi connectivity index (χ2v) is 5.63. The van der Waals surface area contributed by atoms with E-state index in [1.807, 2.05) is 6.07 Å². The summed E-state index contributed by atoms with van der Waals surface area (Å²) in [5, 5.41) is 3.05. The topological polar surface area (TPSA) is 12.0 Å². The van der Waals surface area contributed by atoms with Crippen LogP contribution in [-0.2, 0) is 0 Å². The SMILES string of the molecule is CC(C)CCCCNC(CC(F)(F)F)c1ccccc1. The highest BCUT2D eigenvalue weighted by Crippen LogP contribution is 2.29. The Kier molecular flexibility index (Phi) is 7.06. The minimum Gasteiger partial charge on any atom is -0.310 e. The molecule has 1 unspecified atom stereocenters. The highest BCUT2D eigenvalue weighted by molar-refractivity contribution is 5.19. The molecule has 1 nitrogen and oxygen atoms in total. The molecule has 1 N–H and O–H groups in total. The van der Waals surface area contributed by atoms with E-state index in [9.17, 15) is 13.2 Å². The van der Waals surface area contributed by atoms with Crippen molar-refractivity contribution in [2.75, 3.05) is 6.54 Å². The van der Waals surface area contributed by atoms with Gasteiger partial charge in [0.2, 0.25) is 0 Å². The third kappa shape index (κ3) is 7.53. The zero-order valence-corrected chi connectivity index (χ0v) is 12.2. The van der Waals surface area contributed by atoms with Gasteiger partial charge in [0, 0.05) is 6.04 Å². The molecule has 1 atom stereocenters. The van der Waals surface area contributed by atoms with Crippen molar-refractivity contribution in [3.8, 4) is 0 Å². The third-order valence-corrected chi connectivity index (χ3v) is 3.24. The molecule has 114 valence electrons. The standard InChI is InChI=1S/C16H24F3N/c1-13(2)8-6-7-11-20-15(12-16(17,18)19)14-9-4-3-5-10-14/h3-5,9-10,13,15,20H,6-8,11-12H2,1-2H3. The van der Waals surface area contributed by atoms with E-state index < -0.39 is 18.6 Å². The predicted molar refractivity (Wildman–Crippen MR) is 76.5 cm³/mol. The molecule has 0 bridgehead atoms. The van der Waals surface area contributed by atoms with Crippen LogP contribution in [0.4, 0.5) is 13.2 Å². The normalized spacial score (nSPS) is 13.7. The molecule has 0 saturated heterocycles. The van der Waals surface area contributed by atoms with E-state index in [0.29, 0.717) is 18.0 Å². The number of hydrogen-bond acceptors (Lipinski definition) is 1. The molecule has 1 aromatic carbocycles. The summed E-state index contributed by atoms with van der Waals surface area (Å²) >= 11 is 0. The van der Waals surface area contributed by atoms with Gasteiger partial charge >= 0.3 is 6.18 Å². The Morgan fingerprint density at radius 2 is 1.70 bits per heavy atom. The van der Waals surface area contributed by atoms with Gasteiger partial charge < -0.3 is 5.32 Å². The predicted octanol–water partition coefficient (Wildman–Crippen LogP) is 5.10. The molecule has 20 heavy (non-hydrogen) atoms. The largest absolute Gasteiger partial charge is 0.390 e. The zero-order valence-electron chi connectivity index (χ0n) is 12.2. The van der Waals surface area contributed by atoms with Crippen molar-refractivity contribution >= 4 is 0 Å². The molecule has 4 heteroatoms. The molecule has 0 aliphatic heterocycles. The van der Waals surface area contributed by atoms with Crippen molar-refractivity contribution < 1.29 is 13.2 Å². The molecule has 0 radical (unpaired) electrons. The van der Waals surface area contributed by atoms with Crippen LogP contribution >= 0.6 is 0 Å². The van der Waals surface area contributed by atoms with Gasteiger partial charge in [-0.2, -0.15) is 13.2 Å². The molecule has 1 aromatic rings. The fourth-order valence-corrected chi connectivity index (χ4v) is 2.18. The zero-order chi connectivity index (χ0) is 15.0. The molecule has 0 fully saturated rings. The Bertz CT molecular complexity index is 360. The van der Waals surface area contributed by atoms with Gasteiger partial charge in [-0.05, 0) is 24.4 Å². The number of benzene rings is 1. The van der Waals surface area contributed by atoms with Crippen molar-refractivity contribution in [3.05, 3.63) is 35.9 Å². The lowest BCUT2D eigenvalue weighted by molar-refractivity contribution is -0.140. The van der Waals surface area contributed by atoms with Crippen molar-refractivity contribution in [3.63, 3.8) is 0 Å². The van der Waals surface area contributed by atoms with Crippen LogP contribution in [0.15, 0.2) is 30.3 Å². The van der Waals surface area contributed by atoms with E-state index in [1.165, 1.54) is 0 Å². The number of alkyl halides is 3. The third-order valence-electron chi connectivity index (χ3n) is 3.24. The van der Waals surface area contributed by atoms with Crippen LogP contribution in [0.3, 0.4) is 0 Å². The van der Waals surface area contributed by atoms with Gasteiger partial charge in [-0.3, -0.25) is 0 Å². The molecule has 1 rings (SSSR count). The second kappa shape index (κ2) is 8.30. The Hall–Kier alpha value is -1.03. The van der Waals surface area contributed by atoms with Crippen LogP contribution in [-0.4, -0.2) is 12.7 Å². The van der Waals surface area contributed by atoms with Gasteiger partial charge in [-0.25, -0.2) is 0 Å². The quantitative estimate of drug-likeness (QED) is 0.656. The number of rotatable bonds is 8. The maximum atomic E-state index is 12.6. The Morgan fingerprint density at radius 1 is 1.05 bits per heavy atom. The molecular weight excluding hydrogens is 263 g/mol. The van der Waals surface area contributed by atoms with Crippen molar-refractivity contribution in [2.24, 2.45) is 5.92 Å². The van der Waals surface area contributed by atoms with E-state index >= 15 is 0 Å². The van der Waals surface area contributed by atoms with E-state index in [1.54, 1.807) is 24.3 Å².